The van der Waals surface area contributed by atoms with Crippen molar-refractivity contribution >= 4 is 34.5 Å². The molecular weight excluding hydrogens is 430 g/mol. The van der Waals surface area contributed by atoms with Gasteiger partial charge in [0.15, 0.2) is 0 Å². The van der Waals surface area contributed by atoms with Crippen LogP contribution in [0.2, 0.25) is 0 Å². The van der Waals surface area contributed by atoms with Crippen LogP contribution in [0.15, 0.2) is 84.4 Å². The summed E-state index contributed by atoms with van der Waals surface area (Å²) in [4.78, 5) is 48.0. The standard InChI is InChI=1S/C23H15N3O7/c27-21(15-4-2-1-3-5-15)19-20(14-6-8-17(9-7-14)25(30)31)24(23(29)22(19)28)16-10-12-18(13-11-16)26(32)33/h1-13,20,27H/t20-/m0/s1. The number of non-ortho nitro benzene ring substituents is 2. The molecule has 0 saturated carbocycles. The van der Waals surface area contributed by atoms with Crippen molar-refractivity contribution in [3.8, 4) is 0 Å². The van der Waals surface area contributed by atoms with E-state index < -0.39 is 33.3 Å². The van der Waals surface area contributed by atoms with Crippen LogP contribution < -0.4 is 4.90 Å². The van der Waals surface area contributed by atoms with Crippen molar-refractivity contribution in [2.45, 2.75) is 6.04 Å². The zero-order valence-electron chi connectivity index (χ0n) is 16.8. The van der Waals surface area contributed by atoms with Gasteiger partial charge in [0, 0.05) is 35.5 Å². The molecule has 1 fully saturated rings. The summed E-state index contributed by atoms with van der Waals surface area (Å²) in [5, 5.41) is 33.0. The number of carbonyl (C=O) groups excluding carboxylic acids is 2. The second kappa shape index (κ2) is 8.35. The van der Waals surface area contributed by atoms with Gasteiger partial charge in [0.25, 0.3) is 23.1 Å². The number of carbonyl (C=O) groups is 2. The summed E-state index contributed by atoms with van der Waals surface area (Å²) >= 11 is 0. The molecule has 0 unspecified atom stereocenters. The monoisotopic (exact) mass is 445 g/mol. The van der Waals surface area contributed by atoms with E-state index in [0.717, 1.165) is 4.90 Å². The first-order valence-corrected chi connectivity index (χ1v) is 9.65. The molecule has 0 spiro atoms. The average Bonchev–Trinajstić information content (AvgIpc) is 3.09. The van der Waals surface area contributed by atoms with Crippen LogP contribution >= 0.6 is 0 Å². The van der Waals surface area contributed by atoms with Crippen LogP contribution in [-0.2, 0) is 9.59 Å². The zero-order chi connectivity index (χ0) is 23.7. The zero-order valence-corrected chi connectivity index (χ0v) is 16.8. The van der Waals surface area contributed by atoms with E-state index in [1.807, 2.05) is 0 Å². The maximum Gasteiger partial charge on any atom is 0.300 e. The summed E-state index contributed by atoms with van der Waals surface area (Å²) in [6, 6.07) is 17.4. The Morgan fingerprint density at radius 3 is 1.82 bits per heavy atom. The summed E-state index contributed by atoms with van der Waals surface area (Å²) < 4.78 is 0. The topological polar surface area (TPSA) is 144 Å². The molecule has 0 radical (unpaired) electrons. The number of rotatable bonds is 5. The fraction of sp³-hybridized carbons (Fsp3) is 0.0435. The van der Waals surface area contributed by atoms with E-state index in [0.29, 0.717) is 11.1 Å². The van der Waals surface area contributed by atoms with Crippen molar-refractivity contribution in [2.24, 2.45) is 0 Å². The number of nitro groups is 2. The molecule has 1 N–H and O–H groups in total. The quantitative estimate of drug-likeness (QED) is 0.204. The number of hydrogen-bond acceptors (Lipinski definition) is 7. The van der Waals surface area contributed by atoms with Gasteiger partial charge in [-0.15, -0.1) is 0 Å². The Morgan fingerprint density at radius 1 is 0.788 bits per heavy atom. The van der Waals surface area contributed by atoms with Gasteiger partial charge in [0.1, 0.15) is 5.76 Å². The van der Waals surface area contributed by atoms with Crippen molar-refractivity contribution in [2.75, 3.05) is 4.90 Å². The van der Waals surface area contributed by atoms with Crippen LogP contribution in [-0.4, -0.2) is 26.6 Å². The van der Waals surface area contributed by atoms with Gasteiger partial charge >= 0.3 is 0 Å². The second-order valence-corrected chi connectivity index (χ2v) is 7.16. The number of nitro benzene ring substituents is 2. The molecule has 0 aromatic heterocycles. The van der Waals surface area contributed by atoms with E-state index in [9.17, 15) is 34.9 Å². The molecule has 1 saturated heterocycles. The minimum Gasteiger partial charge on any atom is -0.507 e. The summed E-state index contributed by atoms with van der Waals surface area (Å²) in [6.07, 6.45) is 0. The lowest BCUT2D eigenvalue weighted by Gasteiger charge is -2.25. The highest BCUT2D eigenvalue weighted by Crippen LogP contribution is 2.42. The molecule has 1 amide bonds. The van der Waals surface area contributed by atoms with Crippen molar-refractivity contribution < 1.29 is 24.5 Å². The van der Waals surface area contributed by atoms with Crippen LogP contribution in [0, 0.1) is 20.2 Å². The van der Waals surface area contributed by atoms with Gasteiger partial charge in [-0.1, -0.05) is 30.3 Å². The molecule has 3 aromatic carbocycles. The third kappa shape index (κ3) is 3.81. The van der Waals surface area contributed by atoms with Crippen LogP contribution in [0.1, 0.15) is 17.2 Å². The molecule has 10 heteroatoms. The lowest BCUT2D eigenvalue weighted by atomic mass is 9.95. The first-order chi connectivity index (χ1) is 15.8. The van der Waals surface area contributed by atoms with E-state index >= 15 is 0 Å². The van der Waals surface area contributed by atoms with Crippen LogP contribution in [0.5, 0.6) is 0 Å². The molecule has 164 valence electrons. The Labute approximate surface area is 186 Å². The molecule has 3 aromatic rings. The Kier molecular flexibility index (Phi) is 5.41. The molecule has 33 heavy (non-hydrogen) atoms. The molecular formula is C23H15N3O7. The van der Waals surface area contributed by atoms with Gasteiger partial charge < -0.3 is 5.11 Å². The van der Waals surface area contributed by atoms with Crippen LogP contribution in [0.4, 0.5) is 17.1 Å². The smallest absolute Gasteiger partial charge is 0.300 e. The van der Waals surface area contributed by atoms with E-state index in [4.69, 9.17) is 0 Å². The summed E-state index contributed by atoms with van der Waals surface area (Å²) in [6.45, 7) is 0. The summed E-state index contributed by atoms with van der Waals surface area (Å²) in [5.74, 6) is -2.29. The largest absolute Gasteiger partial charge is 0.507 e. The predicted octanol–water partition coefficient (Wildman–Crippen LogP) is 4.13. The number of hydrogen-bond donors (Lipinski definition) is 1. The molecule has 10 nitrogen and oxygen atoms in total. The fourth-order valence-electron chi connectivity index (χ4n) is 3.68. The number of amides is 1. The number of Topliss-reactive ketones (excluding diaryl/α,β-unsaturated/α-hetero) is 1. The van der Waals surface area contributed by atoms with Crippen LogP contribution in [0.25, 0.3) is 5.76 Å². The molecule has 0 aliphatic carbocycles. The Balaban J connectivity index is 1.91. The first kappa shape index (κ1) is 21.4. The number of nitrogens with zero attached hydrogens (tertiary/aromatic N) is 3. The van der Waals surface area contributed by atoms with Gasteiger partial charge in [-0.25, -0.2) is 0 Å². The molecule has 4 rings (SSSR count). The minimum absolute atomic E-state index is 0.186. The number of aliphatic hydroxyl groups is 1. The Hall–Kier alpha value is -4.86. The van der Waals surface area contributed by atoms with Gasteiger partial charge in [0.05, 0.1) is 21.5 Å². The van der Waals surface area contributed by atoms with E-state index in [1.54, 1.807) is 30.3 Å². The molecule has 1 aliphatic rings. The third-order valence-corrected chi connectivity index (χ3v) is 5.25. The summed E-state index contributed by atoms with van der Waals surface area (Å²) in [7, 11) is 0. The maximum absolute atomic E-state index is 13.0. The van der Waals surface area contributed by atoms with Crippen molar-refractivity contribution in [3.05, 3.63) is 116 Å². The predicted molar refractivity (Wildman–Crippen MR) is 117 cm³/mol. The van der Waals surface area contributed by atoms with Gasteiger partial charge in [-0.05, 0) is 29.8 Å². The minimum atomic E-state index is -1.10. The number of benzene rings is 3. The Bertz CT molecular complexity index is 1300. The average molecular weight is 445 g/mol. The number of aliphatic hydroxyl groups excluding tert-OH is 1. The Morgan fingerprint density at radius 2 is 1.30 bits per heavy atom. The lowest BCUT2D eigenvalue weighted by molar-refractivity contribution is -0.385. The van der Waals surface area contributed by atoms with Gasteiger partial charge in [-0.3, -0.25) is 34.7 Å². The number of anilines is 1. The summed E-state index contributed by atoms with van der Waals surface area (Å²) in [5.41, 5.74) is 0.263. The van der Waals surface area contributed by atoms with Crippen molar-refractivity contribution in [1.29, 1.82) is 0 Å². The van der Waals surface area contributed by atoms with Crippen molar-refractivity contribution in [1.82, 2.24) is 0 Å². The van der Waals surface area contributed by atoms with E-state index in [2.05, 4.69) is 0 Å². The van der Waals surface area contributed by atoms with E-state index in [1.165, 1.54) is 48.5 Å². The second-order valence-electron chi connectivity index (χ2n) is 7.16. The van der Waals surface area contributed by atoms with E-state index in [-0.39, 0.29) is 22.6 Å². The highest BCUT2D eigenvalue weighted by molar-refractivity contribution is 6.51. The number of ketones is 1. The fourth-order valence-corrected chi connectivity index (χ4v) is 3.68. The first-order valence-electron chi connectivity index (χ1n) is 9.65. The van der Waals surface area contributed by atoms with Gasteiger partial charge in [-0.2, -0.15) is 0 Å². The van der Waals surface area contributed by atoms with Crippen LogP contribution in [0.3, 0.4) is 0 Å². The highest BCUT2D eigenvalue weighted by atomic mass is 16.6. The SMILES string of the molecule is O=C1C(=O)N(c2ccc([N+](=O)[O-])cc2)[C@@H](c2ccc([N+](=O)[O-])cc2)C1=C(O)c1ccccc1. The highest BCUT2D eigenvalue weighted by Gasteiger charge is 2.47. The third-order valence-electron chi connectivity index (χ3n) is 5.25. The van der Waals surface area contributed by atoms with Gasteiger partial charge in [0.2, 0.25) is 0 Å². The molecule has 0 bridgehead atoms. The maximum atomic E-state index is 13.0. The molecule has 1 atom stereocenters. The molecule has 1 heterocycles. The lowest BCUT2D eigenvalue weighted by Crippen LogP contribution is -2.29. The van der Waals surface area contributed by atoms with Crippen molar-refractivity contribution in [3.63, 3.8) is 0 Å². The normalized spacial score (nSPS) is 17.2. The molecule has 1 aliphatic heterocycles.